The predicted octanol–water partition coefficient (Wildman–Crippen LogP) is 4.79. The van der Waals surface area contributed by atoms with Crippen LogP contribution in [0.5, 0.6) is 0 Å². The Labute approximate surface area is 156 Å². The van der Waals surface area contributed by atoms with Crippen molar-refractivity contribution in [3.05, 3.63) is 34.7 Å². The fraction of sp³-hybridized carbons (Fsp3) is 0.368. The van der Waals surface area contributed by atoms with Crippen LogP contribution in [0, 0.1) is 6.92 Å². The summed E-state index contributed by atoms with van der Waals surface area (Å²) in [5.41, 5.74) is 3.33. The Hall–Kier alpha value is -1.76. The number of carbonyl (C=O) groups excluding carboxylic acids is 1. The molecule has 0 fully saturated rings. The zero-order chi connectivity index (χ0) is 18.0. The van der Waals surface area contributed by atoms with Crippen molar-refractivity contribution in [1.29, 1.82) is 0 Å². The minimum Gasteiger partial charge on any atom is -0.317 e. The van der Waals surface area contributed by atoms with Gasteiger partial charge in [0.25, 0.3) is 0 Å². The third kappa shape index (κ3) is 3.92. The zero-order valence-electron chi connectivity index (χ0n) is 15.0. The highest BCUT2D eigenvalue weighted by atomic mass is 32.1. The van der Waals surface area contributed by atoms with Crippen LogP contribution in [0.2, 0.25) is 0 Å². The van der Waals surface area contributed by atoms with E-state index in [-0.39, 0.29) is 5.91 Å². The molecule has 3 rings (SSSR count). The number of fused-ring (bicyclic) bond motifs is 1. The average Bonchev–Trinajstić information content (AvgIpc) is 3.13. The number of nitrogens with one attached hydrogen (secondary N) is 1. The van der Waals surface area contributed by atoms with Crippen molar-refractivity contribution < 1.29 is 4.79 Å². The number of para-hydroxylation sites is 1. The second kappa shape index (κ2) is 7.64. The maximum absolute atomic E-state index is 12.3. The van der Waals surface area contributed by atoms with Crippen LogP contribution in [0.25, 0.3) is 20.8 Å². The van der Waals surface area contributed by atoms with Gasteiger partial charge in [-0.3, -0.25) is 4.79 Å². The van der Waals surface area contributed by atoms with E-state index >= 15 is 0 Å². The molecule has 132 valence electrons. The molecule has 1 amide bonds. The molecule has 0 atom stereocenters. The van der Waals surface area contributed by atoms with Crippen LogP contribution in [0.15, 0.2) is 24.3 Å². The summed E-state index contributed by atoms with van der Waals surface area (Å²) in [5, 5.41) is 5.04. The highest BCUT2D eigenvalue weighted by Gasteiger charge is 2.20. The molecule has 0 aliphatic heterocycles. The van der Waals surface area contributed by atoms with Gasteiger partial charge in [-0.2, -0.15) is 0 Å². The summed E-state index contributed by atoms with van der Waals surface area (Å²) >= 11 is 3.36. The van der Waals surface area contributed by atoms with Crippen molar-refractivity contribution in [2.45, 2.75) is 26.7 Å². The first-order chi connectivity index (χ1) is 12.0. The number of thiophene rings is 1. The van der Waals surface area contributed by atoms with Crippen LogP contribution in [-0.2, 0) is 11.2 Å². The van der Waals surface area contributed by atoms with Crippen LogP contribution in [0.4, 0.5) is 5.00 Å². The number of rotatable bonds is 6. The Morgan fingerprint density at radius 3 is 2.68 bits per heavy atom. The number of carbonyl (C=O) groups is 1. The van der Waals surface area contributed by atoms with E-state index in [4.69, 9.17) is 4.98 Å². The van der Waals surface area contributed by atoms with E-state index in [9.17, 15) is 4.79 Å². The topological polar surface area (TPSA) is 45.2 Å². The fourth-order valence-corrected chi connectivity index (χ4v) is 5.04. The Morgan fingerprint density at radius 2 is 2.00 bits per heavy atom. The van der Waals surface area contributed by atoms with Crippen molar-refractivity contribution >= 4 is 43.8 Å². The lowest BCUT2D eigenvalue weighted by molar-refractivity contribution is -0.116. The Bertz CT molecular complexity index is 862. The van der Waals surface area contributed by atoms with Crippen LogP contribution in [0.3, 0.4) is 0 Å². The molecule has 25 heavy (non-hydrogen) atoms. The van der Waals surface area contributed by atoms with Gasteiger partial charge >= 0.3 is 0 Å². The number of nitrogens with zero attached hydrogens (tertiary/aromatic N) is 2. The lowest BCUT2D eigenvalue weighted by atomic mass is 10.1. The van der Waals surface area contributed by atoms with Gasteiger partial charge in [0.2, 0.25) is 5.91 Å². The highest BCUT2D eigenvalue weighted by Crippen LogP contribution is 2.43. The first-order valence-electron chi connectivity index (χ1n) is 8.42. The van der Waals surface area contributed by atoms with E-state index in [1.54, 1.807) is 22.7 Å². The molecule has 0 saturated carbocycles. The van der Waals surface area contributed by atoms with E-state index in [1.165, 1.54) is 15.1 Å². The summed E-state index contributed by atoms with van der Waals surface area (Å²) in [6.07, 6.45) is 1.45. The van der Waals surface area contributed by atoms with Gasteiger partial charge in [-0.1, -0.05) is 19.1 Å². The van der Waals surface area contributed by atoms with Crippen LogP contribution in [-0.4, -0.2) is 36.4 Å². The smallest absolute Gasteiger partial charge is 0.226 e. The first kappa shape index (κ1) is 18.0. The molecule has 4 nitrogen and oxygen atoms in total. The molecule has 0 aliphatic rings. The molecule has 2 heterocycles. The van der Waals surface area contributed by atoms with Gasteiger partial charge in [0, 0.05) is 23.4 Å². The van der Waals surface area contributed by atoms with Crippen LogP contribution < -0.4 is 5.32 Å². The number of aromatic nitrogens is 1. The quantitative estimate of drug-likeness (QED) is 0.676. The van der Waals surface area contributed by atoms with Crippen molar-refractivity contribution in [2.24, 2.45) is 0 Å². The highest BCUT2D eigenvalue weighted by molar-refractivity contribution is 7.22. The van der Waals surface area contributed by atoms with Gasteiger partial charge in [-0.05, 0) is 45.1 Å². The maximum Gasteiger partial charge on any atom is 0.226 e. The molecule has 0 saturated heterocycles. The maximum atomic E-state index is 12.3. The van der Waals surface area contributed by atoms with Gasteiger partial charge < -0.3 is 10.2 Å². The number of hydrogen-bond acceptors (Lipinski definition) is 5. The molecule has 0 unspecified atom stereocenters. The van der Waals surface area contributed by atoms with Crippen molar-refractivity contribution in [2.75, 3.05) is 26.0 Å². The SMILES string of the molecule is CCc1sc(NC(=O)CCN(C)C)c(-c2nc3ccccc3s2)c1C. The van der Waals surface area contributed by atoms with Crippen LogP contribution in [0.1, 0.15) is 23.8 Å². The molecular formula is C19H23N3OS2. The molecule has 6 heteroatoms. The average molecular weight is 374 g/mol. The summed E-state index contributed by atoms with van der Waals surface area (Å²) < 4.78 is 1.17. The predicted molar refractivity (Wildman–Crippen MR) is 109 cm³/mol. The third-order valence-electron chi connectivity index (χ3n) is 4.11. The summed E-state index contributed by atoms with van der Waals surface area (Å²) in [7, 11) is 3.95. The molecule has 2 aromatic heterocycles. The molecule has 3 aromatic rings. The minimum atomic E-state index is 0.0555. The van der Waals surface area contributed by atoms with Crippen molar-refractivity contribution in [3.63, 3.8) is 0 Å². The fourth-order valence-electron chi connectivity index (χ4n) is 2.74. The van der Waals surface area contributed by atoms with Gasteiger partial charge in [0.05, 0.1) is 10.2 Å². The number of anilines is 1. The number of benzene rings is 1. The van der Waals surface area contributed by atoms with Crippen molar-refractivity contribution in [1.82, 2.24) is 9.88 Å². The summed E-state index contributed by atoms with van der Waals surface area (Å²) in [4.78, 5) is 20.5. The Kier molecular flexibility index (Phi) is 5.51. The summed E-state index contributed by atoms with van der Waals surface area (Å²) in [5.74, 6) is 0.0555. The van der Waals surface area contributed by atoms with E-state index in [1.807, 2.05) is 37.2 Å². The van der Waals surface area contributed by atoms with E-state index < -0.39 is 0 Å². The largest absolute Gasteiger partial charge is 0.317 e. The molecule has 0 bridgehead atoms. The first-order valence-corrected chi connectivity index (χ1v) is 10.1. The number of hydrogen-bond donors (Lipinski definition) is 1. The molecule has 0 aliphatic carbocycles. The Morgan fingerprint density at radius 1 is 1.24 bits per heavy atom. The van der Waals surface area contributed by atoms with E-state index in [0.29, 0.717) is 6.42 Å². The van der Waals surface area contributed by atoms with Crippen molar-refractivity contribution in [3.8, 4) is 10.6 Å². The summed E-state index contributed by atoms with van der Waals surface area (Å²) in [6, 6.07) is 8.17. The van der Waals surface area contributed by atoms with Gasteiger partial charge in [0.15, 0.2) is 0 Å². The lowest BCUT2D eigenvalue weighted by Gasteiger charge is -2.09. The molecular weight excluding hydrogens is 350 g/mol. The molecule has 1 N–H and O–H groups in total. The Balaban J connectivity index is 1.97. The zero-order valence-corrected chi connectivity index (χ0v) is 16.7. The van der Waals surface area contributed by atoms with E-state index in [2.05, 4.69) is 25.2 Å². The van der Waals surface area contributed by atoms with Crippen LogP contribution >= 0.6 is 22.7 Å². The number of thiazole rings is 1. The van der Waals surface area contributed by atoms with E-state index in [0.717, 1.165) is 34.1 Å². The second-order valence-electron chi connectivity index (χ2n) is 6.30. The minimum absolute atomic E-state index is 0.0555. The third-order valence-corrected chi connectivity index (χ3v) is 6.52. The molecule has 0 spiro atoms. The number of amides is 1. The summed E-state index contributed by atoms with van der Waals surface area (Å²) in [6.45, 7) is 5.03. The molecule has 0 radical (unpaired) electrons. The second-order valence-corrected chi connectivity index (χ2v) is 8.43. The van der Waals surface area contributed by atoms with Gasteiger partial charge in [0.1, 0.15) is 10.0 Å². The lowest BCUT2D eigenvalue weighted by Crippen LogP contribution is -2.20. The monoisotopic (exact) mass is 373 g/mol. The number of aryl methyl sites for hydroxylation is 1. The van der Waals surface area contributed by atoms with Gasteiger partial charge in [-0.15, -0.1) is 22.7 Å². The molecule has 1 aromatic carbocycles. The van der Waals surface area contributed by atoms with Gasteiger partial charge in [-0.25, -0.2) is 4.98 Å². The normalized spacial score (nSPS) is 11.4. The standard InChI is InChI=1S/C19H23N3OS2/c1-5-14-12(2)17(18-20-13-8-6-7-9-15(13)25-18)19(24-14)21-16(23)10-11-22(3)4/h6-9H,5,10-11H2,1-4H3,(H,21,23).